The van der Waals surface area contributed by atoms with Gasteiger partial charge in [0, 0.05) is 20.8 Å². The van der Waals surface area contributed by atoms with E-state index in [0.29, 0.717) is 13.2 Å². The smallest absolute Gasteiger partial charge is 0.302 e. The molecule has 1 rings (SSSR count). The average molecular weight is 401 g/mol. The number of unbranched alkanes of at least 4 members (excludes halogenated alkanes) is 1. The van der Waals surface area contributed by atoms with Crippen LogP contribution in [0.5, 0.6) is 0 Å². The van der Waals surface area contributed by atoms with Crippen molar-refractivity contribution in [2.45, 2.75) is 54.4 Å². The van der Waals surface area contributed by atoms with E-state index in [0.717, 1.165) is 12.8 Å². The fourth-order valence-corrected chi connectivity index (χ4v) is 1.29. The predicted octanol–water partition coefficient (Wildman–Crippen LogP) is 3.46. The number of benzene rings is 1. The molecular weight excluding hydrogens is 364 g/mol. The first-order valence-electron chi connectivity index (χ1n) is 9.23. The second-order valence-corrected chi connectivity index (χ2v) is 5.34. The summed E-state index contributed by atoms with van der Waals surface area (Å²) < 4.78 is 13.3. The summed E-state index contributed by atoms with van der Waals surface area (Å²) in [4.78, 5) is 29.8. The minimum atomic E-state index is -0.353. The van der Waals surface area contributed by atoms with E-state index in [4.69, 9.17) is 5.11 Å². The number of rotatable bonds is 6. The molecule has 28 heavy (non-hydrogen) atoms. The summed E-state index contributed by atoms with van der Waals surface area (Å²) in [7, 11) is 0. The number of aliphatic hydroxyl groups is 1. The second kappa shape index (κ2) is 24.6. The monoisotopic (exact) mass is 400 g/mol. The van der Waals surface area contributed by atoms with Crippen LogP contribution in [-0.4, -0.2) is 49.4 Å². The summed E-state index contributed by atoms with van der Waals surface area (Å²) in [6.07, 6.45) is 2.05. The molecule has 0 radical (unpaired) electrons. The summed E-state index contributed by atoms with van der Waals surface area (Å²) in [5.74, 6) is -0.745. The minimum Gasteiger partial charge on any atom is -0.466 e. The molecule has 0 bridgehead atoms. The van der Waals surface area contributed by atoms with Crippen LogP contribution in [-0.2, 0) is 28.6 Å². The lowest BCUT2D eigenvalue weighted by molar-refractivity contribution is -0.142. The number of ether oxygens (including phenoxy) is 3. The molecule has 0 atom stereocenters. The van der Waals surface area contributed by atoms with Crippen LogP contribution in [0.25, 0.3) is 0 Å². The van der Waals surface area contributed by atoms with Gasteiger partial charge in [0.25, 0.3) is 0 Å². The van der Waals surface area contributed by atoms with E-state index in [1.54, 1.807) is 6.92 Å². The van der Waals surface area contributed by atoms with Gasteiger partial charge in [0.1, 0.15) is 6.61 Å². The molecule has 0 aliphatic heterocycles. The summed E-state index contributed by atoms with van der Waals surface area (Å²) in [6, 6.07) is 10.3. The van der Waals surface area contributed by atoms with Gasteiger partial charge < -0.3 is 19.3 Å². The molecule has 1 N–H and O–H groups in total. The van der Waals surface area contributed by atoms with E-state index in [1.165, 1.54) is 26.3 Å². The first-order valence-corrected chi connectivity index (χ1v) is 9.23. The largest absolute Gasteiger partial charge is 0.466 e. The molecule has 0 spiro atoms. The van der Waals surface area contributed by atoms with Crippen LogP contribution < -0.4 is 0 Å². The van der Waals surface area contributed by atoms with E-state index >= 15 is 0 Å². The fraction of sp³-hybridized carbons (Fsp3) is 0.571. The van der Waals surface area contributed by atoms with E-state index in [2.05, 4.69) is 40.2 Å². The van der Waals surface area contributed by atoms with Gasteiger partial charge in [-0.25, -0.2) is 0 Å². The number of carbonyl (C=O) groups excluding carboxylic acids is 3. The summed E-state index contributed by atoms with van der Waals surface area (Å²) in [5.41, 5.74) is 1.32. The van der Waals surface area contributed by atoms with Crippen molar-refractivity contribution >= 4 is 17.9 Å². The SMILES string of the molecule is CC(=O)OCCO.CCCCOC(C)=O.CCOC(C)=O.Cc1ccccc1. The highest BCUT2D eigenvalue weighted by Crippen LogP contribution is 1.92. The average Bonchev–Trinajstić information content (AvgIpc) is 2.62. The Labute approximate surface area is 169 Å². The molecule has 0 heterocycles. The number of carbonyl (C=O) groups is 3. The lowest BCUT2D eigenvalue weighted by Crippen LogP contribution is -2.03. The van der Waals surface area contributed by atoms with Crippen LogP contribution in [0.4, 0.5) is 0 Å². The van der Waals surface area contributed by atoms with Crippen LogP contribution in [0.2, 0.25) is 0 Å². The van der Waals surface area contributed by atoms with Crippen LogP contribution >= 0.6 is 0 Å². The number of esters is 3. The Morgan fingerprint density at radius 1 is 0.821 bits per heavy atom. The van der Waals surface area contributed by atoms with E-state index < -0.39 is 0 Å². The van der Waals surface area contributed by atoms with Crippen molar-refractivity contribution in [1.29, 1.82) is 0 Å². The maximum absolute atomic E-state index is 10.1. The maximum atomic E-state index is 10.1. The lowest BCUT2D eigenvalue weighted by Gasteiger charge is -1.96. The van der Waals surface area contributed by atoms with Gasteiger partial charge >= 0.3 is 17.9 Å². The zero-order valence-corrected chi connectivity index (χ0v) is 18.0. The Kier molecular flexibility index (Phi) is 26.6. The van der Waals surface area contributed by atoms with Gasteiger partial charge in [0.2, 0.25) is 0 Å². The normalized spacial score (nSPS) is 8.39. The first-order chi connectivity index (χ1) is 13.2. The quantitative estimate of drug-likeness (QED) is 0.443. The lowest BCUT2D eigenvalue weighted by atomic mass is 10.2. The highest BCUT2D eigenvalue weighted by Gasteiger charge is 1.88. The zero-order chi connectivity index (χ0) is 22.2. The highest BCUT2D eigenvalue weighted by atomic mass is 16.5. The molecule has 7 heteroatoms. The number of hydrogen-bond acceptors (Lipinski definition) is 7. The van der Waals surface area contributed by atoms with E-state index in [9.17, 15) is 14.4 Å². The summed E-state index contributed by atoms with van der Waals surface area (Å²) in [5, 5.41) is 8.04. The minimum absolute atomic E-state index is 0.0976. The Balaban J connectivity index is -0.000000299. The summed E-state index contributed by atoms with van der Waals surface area (Å²) in [6.45, 7) is 11.1. The Morgan fingerprint density at radius 3 is 1.50 bits per heavy atom. The van der Waals surface area contributed by atoms with Crippen LogP contribution in [0.3, 0.4) is 0 Å². The molecule has 0 saturated heterocycles. The van der Waals surface area contributed by atoms with Gasteiger partial charge in [-0.3, -0.25) is 14.4 Å². The second-order valence-electron chi connectivity index (χ2n) is 5.34. The number of hydrogen-bond donors (Lipinski definition) is 1. The van der Waals surface area contributed by atoms with Crippen LogP contribution in [0.1, 0.15) is 53.0 Å². The Morgan fingerprint density at radius 2 is 1.29 bits per heavy atom. The van der Waals surface area contributed by atoms with Gasteiger partial charge in [-0.05, 0) is 20.3 Å². The first kappa shape index (κ1) is 30.3. The van der Waals surface area contributed by atoms with Gasteiger partial charge in [0.15, 0.2) is 0 Å². The van der Waals surface area contributed by atoms with Crippen molar-refractivity contribution in [3.8, 4) is 0 Å². The standard InChI is InChI=1S/C7H8.C6H12O2.C4H8O3.C4H8O2/c1-7-5-3-2-4-6-7;1-3-4-5-8-6(2)7;1-4(6)7-3-2-5;1-3-6-4(2)5/h2-6H,1H3;3-5H2,1-2H3;5H,2-3H2,1H3;3H2,1-2H3. The fourth-order valence-electron chi connectivity index (χ4n) is 1.29. The van der Waals surface area contributed by atoms with Crippen molar-refractivity contribution < 1.29 is 33.7 Å². The van der Waals surface area contributed by atoms with Crippen molar-refractivity contribution in [1.82, 2.24) is 0 Å². The third kappa shape index (κ3) is 38.9. The van der Waals surface area contributed by atoms with Gasteiger partial charge in [-0.2, -0.15) is 0 Å². The van der Waals surface area contributed by atoms with Crippen LogP contribution in [0.15, 0.2) is 30.3 Å². The third-order valence-electron chi connectivity index (χ3n) is 2.49. The molecule has 0 fully saturated rings. The molecule has 0 aliphatic rings. The Hall–Kier alpha value is -2.41. The summed E-state index contributed by atoms with van der Waals surface area (Å²) >= 11 is 0. The topological polar surface area (TPSA) is 99.1 Å². The highest BCUT2D eigenvalue weighted by molar-refractivity contribution is 5.66. The van der Waals surface area contributed by atoms with Crippen molar-refractivity contribution in [3.63, 3.8) is 0 Å². The molecule has 0 aliphatic carbocycles. The number of aliphatic hydroxyl groups excluding tert-OH is 1. The maximum Gasteiger partial charge on any atom is 0.302 e. The van der Waals surface area contributed by atoms with E-state index in [-0.39, 0.29) is 31.1 Å². The molecule has 1 aromatic carbocycles. The molecule has 0 aromatic heterocycles. The van der Waals surface area contributed by atoms with Crippen LogP contribution in [0, 0.1) is 6.92 Å². The van der Waals surface area contributed by atoms with E-state index in [1.807, 2.05) is 18.2 Å². The van der Waals surface area contributed by atoms with Gasteiger partial charge in [0.05, 0.1) is 19.8 Å². The Bertz CT molecular complexity index is 487. The molecule has 0 unspecified atom stereocenters. The molecular formula is C21H36O7. The number of aryl methyl sites for hydroxylation is 1. The molecule has 1 aromatic rings. The molecule has 7 nitrogen and oxygen atoms in total. The third-order valence-corrected chi connectivity index (χ3v) is 2.49. The molecule has 0 amide bonds. The zero-order valence-electron chi connectivity index (χ0n) is 18.0. The van der Waals surface area contributed by atoms with Crippen molar-refractivity contribution in [3.05, 3.63) is 35.9 Å². The van der Waals surface area contributed by atoms with Gasteiger partial charge in [-0.1, -0.05) is 49.2 Å². The van der Waals surface area contributed by atoms with Crippen molar-refractivity contribution in [2.24, 2.45) is 0 Å². The molecule has 0 saturated carbocycles. The van der Waals surface area contributed by atoms with Gasteiger partial charge in [-0.15, -0.1) is 0 Å². The van der Waals surface area contributed by atoms with Crippen molar-refractivity contribution in [2.75, 3.05) is 26.4 Å². The predicted molar refractivity (Wildman–Crippen MR) is 109 cm³/mol. The molecule has 162 valence electrons.